The lowest BCUT2D eigenvalue weighted by atomic mass is 9.90. The lowest BCUT2D eigenvalue weighted by Gasteiger charge is -2.31. The van der Waals surface area contributed by atoms with Gasteiger partial charge in [-0.2, -0.15) is 0 Å². The van der Waals surface area contributed by atoms with Gasteiger partial charge in [0.25, 0.3) is 0 Å². The maximum Gasteiger partial charge on any atom is 0.707 e. The Hall–Kier alpha value is -1.48. The summed E-state index contributed by atoms with van der Waals surface area (Å²) < 4.78 is 14.6. The summed E-state index contributed by atoms with van der Waals surface area (Å²) in [6.07, 6.45) is 0. The van der Waals surface area contributed by atoms with Crippen molar-refractivity contribution in [3.63, 3.8) is 0 Å². The van der Waals surface area contributed by atoms with Gasteiger partial charge < -0.3 is 34.4 Å². The number of aliphatic hydroxyl groups is 2. The van der Waals surface area contributed by atoms with E-state index < -0.39 is 18.5 Å². The maximum atomic E-state index is 9.10. The summed E-state index contributed by atoms with van der Waals surface area (Å²) >= 11 is 0. The third-order valence-corrected chi connectivity index (χ3v) is 3.10. The minimum atomic E-state index is -1.90. The second-order valence-electron chi connectivity index (χ2n) is 5.55. The smallest absolute Gasteiger partial charge is 0.506 e. The molecule has 0 saturated heterocycles. The number of hydrogen-bond acceptors (Lipinski definition) is 7. The van der Waals surface area contributed by atoms with Crippen LogP contribution in [0, 0.1) is 0 Å². The Morgan fingerprint density at radius 3 is 1.45 bits per heavy atom. The first-order valence-corrected chi connectivity index (χ1v) is 6.62. The SMILES string of the molecule is CC(C)(O)C(C)(C)O.COc1cccc(OC)c1OB(O)O. The monoisotopic (exact) mass is 316 g/mol. The van der Waals surface area contributed by atoms with Crippen LogP contribution in [0.4, 0.5) is 0 Å². The second kappa shape index (κ2) is 8.23. The number of benzene rings is 1. The Balaban J connectivity index is 0.000000472. The van der Waals surface area contributed by atoms with E-state index in [1.165, 1.54) is 14.2 Å². The molecule has 0 bridgehead atoms. The van der Waals surface area contributed by atoms with E-state index in [1.807, 2.05) is 0 Å². The van der Waals surface area contributed by atoms with Crippen LogP contribution in [-0.4, -0.2) is 53.0 Å². The van der Waals surface area contributed by atoms with Crippen LogP contribution in [0.5, 0.6) is 17.2 Å². The third-order valence-electron chi connectivity index (χ3n) is 3.10. The first kappa shape index (κ1) is 20.5. The average molecular weight is 316 g/mol. The van der Waals surface area contributed by atoms with Crippen molar-refractivity contribution in [2.75, 3.05) is 14.2 Å². The molecule has 0 heterocycles. The van der Waals surface area contributed by atoms with Gasteiger partial charge in [0.2, 0.25) is 0 Å². The van der Waals surface area contributed by atoms with Gasteiger partial charge >= 0.3 is 7.32 Å². The van der Waals surface area contributed by atoms with Crippen LogP contribution in [0.25, 0.3) is 0 Å². The topological polar surface area (TPSA) is 109 Å². The van der Waals surface area contributed by atoms with Crippen molar-refractivity contribution in [1.29, 1.82) is 0 Å². The molecule has 0 spiro atoms. The summed E-state index contributed by atoms with van der Waals surface area (Å²) in [5, 5.41) is 35.5. The average Bonchev–Trinajstić information content (AvgIpc) is 2.36. The predicted molar refractivity (Wildman–Crippen MR) is 83.0 cm³/mol. The van der Waals surface area contributed by atoms with Crippen LogP contribution in [-0.2, 0) is 0 Å². The van der Waals surface area contributed by atoms with E-state index in [0.29, 0.717) is 11.5 Å². The van der Waals surface area contributed by atoms with E-state index >= 15 is 0 Å². The molecule has 0 aliphatic rings. The van der Waals surface area contributed by atoms with Gasteiger partial charge in [-0.15, -0.1) is 0 Å². The van der Waals surface area contributed by atoms with Crippen LogP contribution in [0.3, 0.4) is 0 Å². The summed E-state index contributed by atoms with van der Waals surface area (Å²) in [5.41, 5.74) is -2.01. The van der Waals surface area contributed by atoms with Crippen LogP contribution < -0.4 is 14.1 Å². The highest BCUT2D eigenvalue weighted by Crippen LogP contribution is 2.36. The Morgan fingerprint density at radius 1 is 0.864 bits per heavy atom. The van der Waals surface area contributed by atoms with Crippen molar-refractivity contribution < 1.29 is 34.4 Å². The van der Waals surface area contributed by atoms with Crippen molar-refractivity contribution in [2.24, 2.45) is 0 Å². The van der Waals surface area contributed by atoms with Crippen LogP contribution in [0.15, 0.2) is 18.2 Å². The fourth-order valence-corrected chi connectivity index (χ4v) is 1.04. The fraction of sp³-hybridized carbons (Fsp3) is 0.571. The molecule has 1 aromatic rings. The number of hydrogen-bond donors (Lipinski definition) is 4. The highest BCUT2D eigenvalue weighted by atomic mass is 16.6. The molecule has 126 valence electrons. The quantitative estimate of drug-likeness (QED) is 0.588. The van der Waals surface area contributed by atoms with Gasteiger partial charge in [-0.25, -0.2) is 0 Å². The predicted octanol–water partition coefficient (Wildman–Crippen LogP) is 0.580. The normalized spacial score (nSPS) is 11.2. The molecule has 0 amide bonds. The van der Waals surface area contributed by atoms with Gasteiger partial charge in [0.15, 0.2) is 17.2 Å². The van der Waals surface area contributed by atoms with Gasteiger partial charge in [-0.3, -0.25) is 0 Å². The minimum Gasteiger partial charge on any atom is -0.506 e. The minimum absolute atomic E-state index is 0.160. The van der Waals surface area contributed by atoms with Crippen molar-refractivity contribution in [2.45, 2.75) is 38.9 Å². The van der Waals surface area contributed by atoms with Gasteiger partial charge in [0.1, 0.15) is 0 Å². The molecule has 0 aliphatic carbocycles. The number of methoxy groups -OCH3 is 2. The standard InChI is InChI=1S/C8H11BO5.C6H14O2/c1-12-6-4-3-5-7(13-2)8(6)14-9(10)11;1-5(2,7)6(3,4)8/h3-5,10-11H,1-2H3;7-8H,1-4H3. The molecule has 1 aromatic carbocycles. The van der Waals surface area contributed by atoms with Crippen molar-refractivity contribution >= 4 is 7.32 Å². The van der Waals surface area contributed by atoms with Crippen LogP contribution in [0.1, 0.15) is 27.7 Å². The fourth-order valence-electron chi connectivity index (χ4n) is 1.04. The molecule has 22 heavy (non-hydrogen) atoms. The molecule has 0 atom stereocenters. The Bertz CT molecular complexity index is 415. The molecule has 7 nitrogen and oxygen atoms in total. The van der Waals surface area contributed by atoms with Crippen molar-refractivity contribution in [1.82, 2.24) is 0 Å². The number of para-hydroxylation sites is 1. The summed E-state index contributed by atoms with van der Waals surface area (Å²) in [4.78, 5) is 0. The van der Waals surface area contributed by atoms with Crippen molar-refractivity contribution in [3.05, 3.63) is 18.2 Å². The molecular weight excluding hydrogens is 291 g/mol. The summed E-state index contributed by atoms with van der Waals surface area (Å²) in [7, 11) is 0.997. The molecule has 1 rings (SSSR count). The Labute approximate surface area is 131 Å². The maximum absolute atomic E-state index is 9.10. The number of rotatable bonds is 5. The van der Waals surface area contributed by atoms with Crippen molar-refractivity contribution in [3.8, 4) is 17.2 Å². The lowest BCUT2D eigenvalue weighted by Crippen LogP contribution is -2.44. The molecule has 0 radical (unpaired) electrons. The molecule has 0 aliphatic heterocycles. The van der Waals surface area contributed by atoms with E-state index in [4.69, 9.17) is 34.4 Å². The zero-order valence-corrected chi connectivity index (χ0v) is 13.8. The van der Waals surface area contributed by atoms with Gasteiger partial charge in [0.05, 0.1) is 25.4 Å². The van der Waals surface area contributed by atoms with E-state index in [0.717, 1.165) is 0 Å². The Morgan fingerprint density at radius 2 is 1.23 bits per heavy atom. The zero-order chi connectivity index (χ0) is 17.6. The van der Waals surface area contributed by atoms with Crippen LogP contribution in [0.2, 0.25) is 0 Å². The van der Waals surface area contributed by atoms with E-state index in [1.54, 1.807) is 45.9 Å². The zero-order valence-electron chi connectivity index (χ0n) is 13.8. The summed E-state index contributed by atoms with van der Waals surface area (Å²) in [6, 6.07) is 4.95. The largest absolute Gasteiger partial charge is 0.707 e. The molecule has 0 aromatic heterocycles. The van der Waals surface area contributed by atoms with Gasteiger partial charge in [-0.05, 0) is 39.8 Å². The number of ether oxygens (including phenoxy) is 2. The molecular formula is C14H25BO7. The molecule has 0 unspecified atom stereocenters. The van der Waals surface area contributed by atoms with Gasteiger partial charge in [0, 0.05) is 0 Å². The first-order chi connectivity index (χ1) is 9.94. The second-order valence-corrected chi connectivity index (χ2v) is 5.55. The molecule has 0 fully saturated rings. The van der Waals surface area contributed by atoms with E-state index in [-0.39, 0.29) is 5.75 Å². The van der Waals surface area contributed by atoms with E-state index in [9.17, 15) is 0 Å². The highest BCUT2D eigenvalue weighted by molar-refractivity contribution is 6.34. The molecule has 4 N–H and O–H groups in total. The summed E-state index contributed by atoms with van der Waals surface area (Å²) in [5.74, 6) is 0.905. The lowest BCUT2D eigenvalue weighted by molar-refractivity contribution is -0.107. The molecule has 8 heteroatoms. The van der Waals surface area contributed by atoms with E-state index in [2.05, 4.69) is 0 Å². The first-order valence-electron chi connectivity index (χ1n) is 6.62. The Kier molecular flexibility index (Phi) is 7.68. The highest BCUT2D eigenvalue weighted by Gasteiger charge is 2.31. The molecule has 0 saturated carbocycles. The van der Waals surface area contributed by atoms with Crippen LogP contribution >= 0.6 is 0 Å². The summed E-state index contributed by atoms with van der Waals surface area (Å²) in [6.45, 7) is 6.31. The van der Waals surface area contributed by atoms with Gasteiger partial charge in [-0.1, -0.05) is 6.07 Å². The third kappa shape index (κ3) is 6.53.